The molecule has 1 N–H and O–H groups in total. The van der Waals surface area contributed by atoms with Crippen LogP contribution in [0.1, 0.15) is 56.6 Å². The van der Waals surface area contributed by atoms with E-state index in [2.05, 4.69) is 38.1 Å². The van der Waals surface area contributed by atoms with Crippen molar-refractivity contribution in [2.75, 3.05) is 6.61 Å². The highest BCUT2D eigenvalue weighted by atomic mass is 16.3. The molecule has 1 atom stereocenters. The van der Waals surface area contributed by atoms with Crippen molar-refractivity contribution in [3.63, 3.8) is 0 Å². The summed E-state index contributed by atoms with van der Waals surface area (Å²) in [5, 5.41) is 9.06. The van der Waals surface area contributed by atoms with E-state index in [1.807, 2.05) is 6.92 Å². The second kappa shape index (κ2) is 5.92. The van der Waals surface area contributed by atoms with Gasteiger partial charge in [0, 0.05) is 12.5 Å². The molecule has 0 heterocycles. The Morgan fingerprint density at radius 3 is 1.87 bits per heavy atom. The highest BCUT2D eigenvalue weighted by Crippen LogP contribution is 2.24. The lowest BCUT2D eigenvalue weighted by atomic mass is 9.91. The Bertz CT molecular complexity index is 272. The summed E-state index contributed by atoms with van der Waals surface area (Å²) in [5.74, 6) is 0.934. The Kier molecular flexibility index (Phi) is 4.83. The molecule has 0 amide bonds. The van der Waals surface area contributed by atoms with E-state index in [4.69, 9.17) is 5.11 Å². The van der Waals surface area contributed by atoms with Crippen LogP contribution in [0.25, 0.3) is 0 Å². The predicted octanol–water partition coefficient (Wildman–Crippen LogP) is 3.69. The molecule has 0 aliphatic heterocycles. The van der Waals surface area contributed by atoms with Crippen LogP contribution < -0.4 is 0 Å². The van der Waals surface area contributed by atoms with Crippen molar-refractivity contribution in [3.05, 3.63) is 35.4 Å². The first-order chi connectivity index (χ1) is 7.22. The van der Waals surface area contributed by atoms with Crippen molar-refractivity contribution in [3.8, 4) is 0 Å². The fraction of sp³-hybridized carbons (Fsp3) is 0.571. The van der Waals surface area contributed by atoms with Gasteiger partial charge in [0.15, 0.2) is 0 Å². The number of aliphatic hydroxyl groups excluding tert-OH is 1. The van der Waals surface area contributed by atoms with Gasteiger partial charge in [-0.3, -0.25) is 0 Å². The molecule has 1 aromatic carbocycles. The maximum Gasteiger partial charge on any atom is 0.0497 e. The molecule has 0 bridgehead atoms. The third kappa shape index (κ3) is 3.07. The zero-order valence-corrected chi connectivity index (χ0v) is 10.0. The minimum atomic E-state index is 0.227. The van der Waals surface area contributed by atoms with E-state index >= 15 is 0 Å². The average molecular weight is 206 g/mol. The molecule has 0 aliphatic carbocycles. The van der Waals surface area contributed by atoms with Gasteiger partial charge in [-0.25, -0.2) is 0 Å². The van der Waals surface area contributed by atoms with Gasteiger partial charge in [-0.2, -0.15) is 0 Å². The van der Waals surface area contributed by atoms with E-state index in [0.29, 0.717) is 5.92 Å². The maximum atomic E-state index is 9.06. The second-order valence-corrected chi connectivity index (χ2v) is 4.26. The normalized spacial score (nSPS) is 13.1. The molecule has 1 nitrogen and oxygen atoms in total. The zero-order chi connectivity index (χ0) is 11.3. The summed E-state index contributed by atoms with van der Waals surface area (Å²) >= 11 is 0. The highest BCUT2D eigenvalue weighted by molar-refractivity contribution is 5.27. The van der Waals surface area contributed by atoms with Gasteiger partial charge >= 0.3 is 0 Å². The summed E-state index contributed by atoms with van der Waals surface area (Å²) < 4.78 is 0. The molecule has 1 unspecified atom stereocenters. The van der Waals surface area contributed by atoms with Gasteiger partial charge in [0.1, 0.15) is 0 Å². The van der Waals surface area contributed by atoms with Crippen LogP contribution in [0.15, 0.2) is 24.3 Å². The summed E-state index contributed by atoms with van der Waals surface area (Å²) in [6, 6.07) is 8.71. The van der Waals surface area contributed by atoms with Gasteiger partial charge < -0.3 is 5.11 Å². The predicted molar refractivity (Wildman–Crippen MR) is 65.3 cm³/mol. The van der Waals surface area contributed by atoms with Gasteiger partial charge in [0.25, 0.3) is 0 Å². The summed E-state index contributed by atoms with van der Waals surface area (Å²) in [5.41, 5.74) is 2.65. The second-order valence-electron chi connectivity index (χ2n) is 4.26. The molecule has 1 heteroatoms. The smallest absolute Gasteiger partial charge is 0.0497 e. The molecule has 84 valence electrons. The molecule has 0 aliphatic rings. The molecule has 0 saturated carbocycles. The topological polar surface area (TPSA) is 20.2 Å². The largest absolute Gasteiger partial charge is 0.396 e. The van der Waals surface area contributed by atoms with Gasteiger partial charge in [-0.05, 0) is 29.9 Å². The lowest BCUT2D eigenvalue weighted by molar-refractivity contribution is 0.273. The third-order valence-corrected chi connectivity index (χ3v) is 3.24. The Labute approximate surface area is 93.1 Å². The van der Waals surface area contributed by atoms with Crippen LogP contribution in [-0.2, 0) is 0 Å². The number of hydrogen-bond acceptors (Lipinski definition) is 1. The molecular formula is C14H22O. The Morgan fingerprint density at radius 1 is 1.00 bits per heavy atom. The van der Waals surface area contributed by atoms with Crippen LogP contribution in [0.5, 0.6) is 0 Å². The fourth-order valence-electron chi connectivity index (χ4n) is 1.96. The fourth-order valence-corrected chi connectivity index (χ4v) is 1.96. The Balaban J connectivity index is 2.79. The molecule has 15 heavy (non-hydrogen) atoms. The molecule has 0 spiro atoms. The van der Waals surface area contributed by atoms with Gasteiger partial charge in [0.2, 0.25) is 0 Å². The summed E-state index contributed by atoms with van der Waals surface area (Å²) in [7, 11) is 0. The van der Waals surface area contributed by atoms with E-state index in [0.717, 1.165) is 0 Å². The average Bonchev–Trinajstić information content (AvgIpc) is 2.30. The summed E-state index contributed by atoms with van der Waals surface area (Å²) in [4.78, 5) is 0. The first-order valence-electron chi connectivity index (χ1n) is 5.93. The number of hydrogen-bond donors (Lipinski definition) is 1. The molecular weight excluding hydrogens is 184 g/mol. The van der Waals surface area contributed by atoms with Gasteiger partial charge in [-0.15, -0.1) is 0 Å². The number of rotatable bonds is 5. The van der Waals surface area contributed by atoms with Crippen LogP contribution in [0.2, 0.25) is 0 Å². The standard InChI is InChI=1S/C14H22O/c1-4-12(5-2)14-8-6-13(7-9-14)11(3)10-15/h6-9,11-12,15H,4-5,10H2,1-3H3. The lowest BCUT2D eigenvalue weighted by Gasteiger charge is -2.14. The molecule has 0 fully saturated rings. The highest BCUT2D eigenvalue weighted by Gasteiger charge is 2.08. The number of aliphatic hydroxyl groups is 1. The van der Waals surface area contributed by atoms with E-state index in [9.17, 15) is 0 Å². The van der Waals surface area contributed by atoms with E-state index in [1.54, 1.807) is 0 Å². The molecule has 1 rings (SSSR count). The molecule has 0 saturated heterocycles. The van der Waals surface area contributed by atoms with E-state index in [1.165, 1.54) is 24.0 Å². The van der Waals surface area contributed by atoms with Crippen molar-refractivity contribution < 1.29 is 5.11 Å². The molecule has 1 aromatic rings. The van der Waals surface area contributed by atoms with E-state index in [-0.39, 0.29) is 12.5 Å². The minimum Gasteiger partial charge on any atom is -0.396 e. The van der Waals surface area contributed by atoms with Crippen LogP contribution >= 0.6 is 0 Å². The minimum absolute atomic E-state index is 0.227. The van der Waals surface area contributed by atoms with Crippen LogP contribution in [0, 0.1) is 0 Å². The SMILES string of the molecule is CCC(CC)c1ccc(C(C)CO)cc1. The Hall–Kier alpha value is -0.820. The first kappa shape index (κ1) is 12.3. The van der Waals surface area contributed by atoms with Crippen molar-refractivity contribution in [2.45, 2.75) is 45.4 Å². The lowest BCUT2D eigenvalue weighted by Crippen LogP contribution is -2.00. The van der Waals surface area contributed by atoms with Gasteiger partial charge in [-0.1, -0.05) is 45.0 Å². The van der Waals surface area contributed by atoms with Gasteiger partial charge in [0.05, 0.1) is 0 Å². The van der Waals surface area contributed by atoms with E-state index < -0.39 is 0 Å². The van der Waals surface area contributed by atoms with Crippen LogP contribution in [0.3, 0.4) is 0 Å². The zero-order valence-electron chi connectivity index (χ0n) is 10.0. The third-order valence-electron chi connectivity index (χ3n) is 3.24. The maximum absolute atomic E-state index is 9.06. The summed E-state index contributed by atoms with van der Waals surface area (Å²) in [6.07, 6.45) is 2.40. The quantitative estimate of drug-likeness (QED) is 0.779. The molecule has 0 aromatic heterocycles. The Morgan fingerprint density at radius 2 is 1.47 bits per heavy atom. The monoisotopic (exact) mass is 206 g/mol. The first-order valence-corrected chi connectivity index (χ1v) is 5.93. The van der Waals surface area contributed by atoms with Crippen molar-refractivity contribution in [1.82, 2.24) is 0 Å². The van der Waals surface area contributed by atoms with Crippen LogP contribution in [0.4, 0.5) is 0 Å². The van der Waals surface area contributed by atoms with Crippen molar-refractivity contribution >= 4 is 0 Å². The van der Waals surface area contributed by atoms with Crippen LogP contribution in [-0.4, -0.2) is 11.7 Å². The molecule has 0 radical (unpaired) electrons. The van der Waals surface area contributed by atoms with Crippen molar-refractivity contribution in [1.29, 1.82) is 0 Å². The summed E-state index contributed by atoms with van der Waals surface area (Å²) in [6.45, 7) is 6.74. The number of benzene rings is 1. The van der Waals surface area contributed by atoms with Crippen molar-refractivity contribution in [2.24, 2.45) is 0 Å².